The lowest BCUT2D eigenvalue weighted by molar-refractivity contribution is 0.0953. The summed E-state index contributed by atoms with van der Waals surface area (Å²) in [4.78, 5) is 29.1. The summed E-state index contributed by atoms with van der Waals surface area (Å²) in [6, 6.07) is 19.1. The fourth-order valence-corrected chi connectivity index (χ4v) is 3.08. The predicted octanol–water partition coefficient (Wildman–Crippen LogP) is 4.31. The SMILES string of the molecule is Cc1ccc(NC(=O)c2cc(C(=O)NCCCc3ccccc3)ccn2)c(C)c1. The molecule has 0 aliphatic heterocycles. The molecule has 1 aromatic heterocycles. The Bertz CT molecular complexity index is 1000. The molecular weight excluding hydrogens is 362 g/mol. The maximum absolute atomic E-state index is 12.5. The molecule has 0 bridgehead atoms. The van der Waals surface area contributed by atoms with E-state index >= 15 is 0 Å². The molecular formula is C24H25N3O2. The van der Waals surface area contributed by atoms with Gasteiger partial charge in [-0.25, -0.2) is 0 Å². The van der Waals surface area contributed by atoms with E-state index in [0.717, 1.165) is 29.7 Å². The highest BCUT2D eigenvalue weighted by Gasteiger charge is 2.13. The largest absolute Gasteiger partial charge is 0.352 e. The van der Waals surface area contributed by atoms with Gasteiger partial charge in [-0.15, -0.1) is 0 Å². The number of carbonyl (C=O) groups excluding carboxylic acids is 2. The summed E-state index contributed by atoms with van der Waals surface area (Å²) in [7, 11) is 0. The molecule has 3 aromatic rings. The number of carbonyl (C=O) groups is 2. The van der Waals surface area contributed by atoms with Gasteiger partial charge in [0, 0.05) is 24.0 Å². The molecule has 0 spiro atoms. The van der Waals surface area contributed by atoms with E-state index in [9.17, 15) is 9.59 Å². The number of pyridine rings is 1. The second kappa shape index (κ2) is 9.64. The number of amides is 2. The minimum Gasteiger partial charge on any atom is -0.352 e. The molecule has 0 saturated heterocycles. The van der Waals surface area contributed by atoms with Crippen LogP contribution in [0.1, 0.15) is 44.0 Å². The highest BCUT2D eigenvalue weighted by atomic mass is 16.2. The first-order valence-electron chi connectivity index (χ1n) is 9.70. The van der Waals surface area contributed by atoms with Gasteiger partial charge in [0.1, 0.15) is 5.69 Å². The van der Waals surface area contributed by atoms with Crippen LogP contribution in [0.2, 0.25) is 0 Å². The number of aryl methyl sites for hydroxylation is 3. The van der Waals surface area contributed by atoms with Crippen molar-refractivity contribution in [1.29, 1.82) is 0 Å². The van der Waals surface area contributed by atoms with Gasteiger partial charge in [0.2, 0.25) is 0 Å². The van der Waals surface area contributed by atoms with Gasteiger partial charge >= 0.3 is 0 Å². The van der Waals surface area contributed by atoms with Gasteiger partial charge in [-0.1, -0.05) is 48.0 Å². The maximum Gasteiger partial charge on any atom is 0.274 e. The van der Waals surface area contributed by atoms with E-state index in [4.69, 9.17) is 0 Å². The van der Waals surface area contributed by atoms with Crippen LogP contribution in [0.5, 0.6) is 0 Å². The van der Waals surface area contributed by atoms with Gasteiger partial charge < -0.3 is 10.6 Å². The Labute approximate surface area is 171 Å². The average Bonchev–Trinajstić information content (AvgIpc) is 2.74. The number of nitrogens with one attached hydrogen (secondary N) is 2. The van der Waals surface area contributed by atoms with Crippen molar-refractivity contribution >= 4 is 17.5 Å². The summed E-state index contributed by atoms with van der Waals surface area (Å²) in [5.74, 6) is -0.545. The monoisotopic (exact) mass is 387 g/mol. The number of aromatic nitrogens is 1. The van der Waals surface area contributed by atoms with E-state index < -0.39 is 0 Å². The van der Waals surface area contributed by atoms with Crippen LogP contribution >= 0.6 is 0 Å². The Balaban J connectivity index is 1.56. The van der Waals surface area contributed by atoms with Crippen LogP contribution in [0.15, 0.2) is 66.9 Å². The van der Waals surface area contributed by atoms with Crippen LogP contribution in [0.4, 0.5) is 5.69 Å². The van der Waals surface area contributed by atoms with Gasteiger partial charge in [0.15, 0.2) is 0 Å². The van der Waals surface area contributed by atoms with Crippen molar-refractivity contribution in [2.45, 2.75) is 26.7 Å². The van der Waals surface area contributed by atoms with E-state index in [1.165, 1.54) is 17.8 Å². The molecule has 3 rings (SSSR count). The third-order valence-electron chi connectivity index (χ3n) is 4.66. The number of hydrogen-bond donors (Lipinski definition) is 2. The Morgan fingerprint density at radius 2 is 1.72 bits per heavy atom. The molecule has 0 aliphatic rings. The van der Waals surface area contributed by atoms with Gasteiger partial charge in [0.25, 0.3) is 11.8 Å². The maximum atomic E-state index is 12.5. The van der Waals surface area contributed by atoms with E-state index in [0.29, 0.717) is 12.1 Å². The highest BCUT2D eigenvalue weighted by Crippen LogP contribution is 2.17. The van der Waals surface area contributed by atoms with Gasteiger partial charge in [-0.05, 0) is 56.0 Å². The Morgan fingerprint density at radius 1 is 0.931 bits per heavy atom. The van der Waals surface area contributed by atoms with E-state index in [1.54, 1.807) is 6.07 Å². The zero-order chi connectivity index (χ0) is 20.6. The van der Waals surface area contributed by atoms with Crippen LogP contribution in [0, 0.1) is 13.8 Å². The number of nitrogens with zero attached hydrogens (tertiary/aromatic N) is 1. The smallest absolute Gasteiger partial charge is 0.274 e. The first kappa shape index (κ1) is 20.3. The second-order valence-corrected chi connectivity index (χ2v) is 7.05. The molecule has 2 aromatic carbocycles. The second-order valence-electron chi connectivity index (χ2n) is 7.05. The summed E-state index contributed by atoms with van der Waals surface area (Å²) in [6.45, 7) is 4.51. The van der Waals surface area contributed by atoms with Crippen molar-refractivity contribution in [2.75, 3.05) is 11.9 Å². The number of benzene rings is 2. The van der Waals surface area contributed by atoms with E-state index in [-0.39, 0.29) is 17.5 Å². The summed E-state index contributed by atoms with van der Waals surface area (Å²) >= 11 is 0. The molecule has 0 radical (unpaired) electrons. The summed E-state index contributed by atoms with van der Waals surface area (Å²) in [5.41, 5.74) is 4.72. The van der Waals surface area contributed by atoms with Gasteiger partial charge in [-0.2, -0.15) is 0 Å². The van der Waals surface area contributed by atoms with E-state index in [1.807, 2.05) is 50.2 Å². The Kier molecular flexibility index (Phi) is 6.74. The summed E-state index contributed by atoms with van der Waals surface area (Å²) in [6.07, 6.45) is 3.23. The Morgan fingerprint density at radius 3 is 2.48 bits per heavy atom. The molecule has 0 fully saturated rings. The molecule has 29 heavy (non-hydrogen) atoms. The average molecular weight is 387 g/mol. The van der Waals surface area contributed by atoms with Crippen molar-refractivity contribution in [3.05, 3.63) is 94.8 Å². The van der Waals surface area contributed by atoms with Crippen molar-refractivity contribution in [1.82, 2.24) is 10.3 Å². The standard InChI is InChI=1S/C24H25N3O2/c1-17-10-11-21(18(2)15-17)27-24(29)22-16-20(12-14-25-22)23(28)26-13-6-9-19-7-4-3-5-8-19/h3-5,7-8,10-12,14-16H,6,9,13H2,1-2H3,(H,26,28)(H,27,29). The van der Waals surface area contributed by atoms with Gasteiger partial charge in [0.05, 0.1) is 0 Å². The van der Waals surface area contributed by atoms with Crippen LogP contribution in [0.25, 0.3) is 0 Å². The quantitative estimate of drug-likeness (QED) is 0.593. The van der Waals surface area contributed by atoms with Crippen LogP contribution in [-0.4, -0.2) is 23.3 Å². The normalized spacial score (nSPS) is 10.4. The minimum atomic E-state index is -0.337. The molecule has 148 valence electrons. The predicted molar refractivity (Wildman–Crippen MR) is 115 cm³/mol. The zero-order valence-electron chi connectivity index (χ0n) is 16.7. The van der Waals surface area contributed by atoms with Crippen molar-refractivity contribution < 1.29 is 9.59 Å². The van der Waals surface area contributed by atoms with Gasteiger partial charge in [-0.3, -0.25) is 14.6 Å². The Hall–Kier alpha value is -3.47. The van der Waals surface area contributed by atoms with E-state index in [2.05, 4.69) is 27.8 Å². The van der Waals surface area contributed by atoms with Crippen LogP contribution in [-0.2, 0) is 6.42 Å². The molecule has 0 atom stereocenters. The fourth-order valence-electron chi connectivity index (χ4n) is 3.08. The molecule has 5 nitrogen and oxygen atoms in total. The molecule has 2 amide bonds. The molecule has 5 heteroatoms. The summed E-state index contributed by atoms with van der Waals surface area (Å²) in [5, 5.41) is 5.76. The molecule has 1 heterocycles. The molecule has 0 saturated carbocycles. The van der Waals surface area contributed by atoms with Crippen LogP contribution < -0.4 is 10.6 Å². The summed E-state index contributed by atoms with van der Waals surface area (Å²) < 4.78 is 0. The lowest BCUT2D eigenvalue weighted by atomic mass is 10.1. The van der Waals surface area contributed by atoms with Crippen molar-refractivity contribution in [2.24, 2.45) is 0 Å². The minimum absolute atomic E-state index is 0.207. The van der Waals surface area contributed by atoms with Crippen molar-refractivity contribution in [3.63, 3.8) is 0 Å². The van der Waals surface area contributed by atoms with Crippen molar-refractivity contribution in [3.8, 4) is 0 Å². The number of anilines is 1. The zero-order valence-corrected chi connectivity index (χ0v) is 16.7. The lowest BCUT2D eigenvalue weighted by Gasteiger charge is -2.10. The third-order valence-corrected chi connectivity index (χ3v) is 4.66. The first-order chi connectivity index (χ1) is 14.0. The topological polar surface area (TPSA) is 71.1 Å². The number of hydrogen-bond acceptors (Lipinski definition) is 3. The van der Waals surface area contributed by atoms with Crippen LogP contribution in [0.3, 0.4) is 0 Å². The molecule has 0 unspecified atom stereocenters. The molecule has 0 aliphatic carbocycles. The third kappa shape index (κ3) is 5.75. The first-order valence-corrected chi connectivity index (χ1v) is 9.70. The highest BCUT2D eigenvalue weighted by molar-refractivity contribution is 6.05. The lowest BCUT2D eigenvalue weighted by Crippen LogP contribution is -2.25. The number of rotatable bonds is 7. The molecule has 2 N–H and O–H groups in total. The fraction of sp³-hybridized carbons (Fsp3) is 0.208.